The van der Waals surface area contributed by atoms with E-state index in [1.54, 1.807) is 0 Å². The van der Waals surface area contributed by atoms with Gasteiger partial charge in [-0.1, -0.05) is 146 Å². The van der Waals surface area contributed by atoms with Gasteiger partial charge in [0.2, 0.25) is 0 Å². The van der Waals surface area contributed by atoms with Crippen molar-refractivity contribution >= 4 is 71.6 Å². The monoisotopic (exact) mass is 702 g/mol. The highest BCUT2D eigenvalue weighted by Gasteiger charge is 2.24. The van der Waals surface area contributed by atoms with Crippen LogP contribution >= 0.6 is 0 Å². The lowest BCUT2D eigenvalue weighted by molar-refractivity contribution is 0.670. The molecule has 0 N–H and O–H groups in total. The third-order valence-corrected chi connectivity index (χ3v) is 11.0. The van der Waals surface area contributed by atoms with Crippen molar-refractivity contribution in [1.29, 1.82) is 0 Å². The molecule has 55 heavy (non-hydrogen) atoms. The fourth-order valence-corrected chi connectivity index (χ4v) is 8.48. The SMILES string of the molecule is c1ccc(-c2ccc(N(c3cccc4ccccc34)c3ccc(-c4cccc(-n5c6ccccc6c6ccccc65)c4)c4oc5ccccc5c34)cc2)cc1. The van der Waals surface area contributed by atoms with Gasteiger partial charge in [-0.15, -0.1) is 0 Å². The largest absolute Gasteiger partial charge is 0.455 e. The predicted molar refractivity (Wildman–Crippen MR) is 231 cm³/mol. The third kappa shape index (κ3) is 5.05. The van der Waals surface area contributed by atoms with E-state index in [4.69, 9.17) is 4.42 Å². The highest BCUT2D eigenvalue weighted by atomic mass is 16.3. The summed E-state index contributed by atoms with van der Waals surface area (Å²) in [5, 5.41) is 7.03. The Morgan fingerprint density at radius 2 is 1.00 bits per heavy atom. The van der Waals surface area contributed by atoms with Crippen LogP contribution in [0.25, 0.3) is 82.5 Å². The van der Waals surface area contributed by atoms with Crippen LogP contribution in [0.4, 0.5) is 17.1 Å². The molecule has 0 bridgehead atoms. The quantitative estimate of drug-likeness (QED) is 0.172. The Hall–Kier alpha value is -7.36. The van der Waals surface area contributed by atoms with E-state index in [0.29, 0.717) is 0 Å². The van der Waals surface area contributed by atoms with E-state index in [2.05, 4.69) is 216 Å². The predicted octanol–water partition coefficient (Wildman–Crippen LogP) is 14.6. The molecule has 0 aliphatic heterocycles. The van der Waals surface area contributed by atoms with Gasteiger partial charge in [0.1, 0.15) is 11.2 Å². The number of benzene rings is 9. The lowest BCUT2D eigenvalue weighted by Crippen LogP contribution is -2.11. The van der Waals surface area contributed by atoms with Crippen molar-refractivity contribution in [2.75, 3.05) is 4.90 Å². The average Bonchev–Trinajstić information content (AvgIpc) is 3.81. The minimum atomic E-state index is 0.863. The molecular formula is C52H34N2O. The lowest BCUT2D eigenvalue weighted by atomic mass is 9.98. The molecule has 3 nitrogen and oxygen atoms in total. The van der Waals surface area contributed by atoms with Gasteiger partial charge in [-0.3, -0.25) is 0 Å². The first-order chi connectivity index (χ1) is 27.3. The molecule has 258 valence electrons. The molecule has 11 aromatic rings. The Bertz CT molecular complexity index is 3150. The summed E-state index contributed by atoms with van der Waals surface area (Å²) < 4.78 is 9.28. The smallest absolute Gasteiger partial charge is 0.145 e. The van der Waals surface area contributed by atoms with Gasteiger partial charge in [0, 0.05) is 38.5 Å². The molecule has 0 saturated heterocycles. The first-order valence-corrected chi connectivity index (χ1v) is 18.8. The summed E-state index contributed by atoms with van der Waals surface area (Å²) >= 11 is 0. The summed E-state index contributed by atoms with van der Waals surface area (Å²) in [6, 6.07) is 73.8. The maximum Gasteiger partial charge on any atom is 0.145 e. The second-order valence-corrected chi connectivity index (χ2v) is 14.1. The van der Waals surface area contributed by atoms with Crippen LogP contribution in [0.15, 0.2) is 211 Å². The number of nitrogens with zero attached hydrogens (tertiary/aromatic N) is 2. The third-order valence-electron chi connectivity index (χ3n) is 11.0. The van der Waals surface area contributed by atoms with Crippen LogP contribution in [0, 0.1) is 0 Å². The van der Waals surface area contributed by atoms with Crippen LogP contribution in [-0.4, -0.2) is 4.57 Å². The number of anilines is 3. The molecular weight excluding hydrogens is 669 g/mol. The zero-order chi connectivity index (χ0) is 36.3. The van der Waals surface area contributed by atoms with Crippen LogP contribution in [0.2, 0.25) is 0 Å². The molecule has 0 saturated carbocycles. The first-order valence-electron chi connectivity index (χ1n) is 18.8. The minimum Gasteiger partial charge on any atom is -0.455 e. The summed E-state index contributed by atoms with van der Waals surface area (Å²) in [5.41, 5.74) is 13.0. The number of furan rings is 1. The zero-order valence-electron chi connectivity index (χ0n) is 29.9. The maximum absolute atomic E-state index is 6.90. The van der Waals surface area contributed by atoms with Gasteiger partial charge in [0.25, 0.3) is 0 Å². The standard InChI is InChI=1S/C52H34N2O/c1-2-14-35(15-3-1)36-28-30-39(31-29-36)53(46-26-13-17-37-16-4-5-20-41(37)46)49-33-32-42(52-51(49)45-23-8-11-27-50(45)55-52)38-18-12-19-40(34-38)54-47-24-9-6-21-43(47)44-22-7-10-25-48(44)54/h1-34H. The summed E-state index contributed by atoms with van der Waals surface area (Å²) in [6.07, 6.45) is 0. The fourth-order valence-electron chi connectivity index (χ4n) is 8.48. The summed E-state index contributed by atoms with van der Waals surface area (Å²) in [4.78, 5) is 2.40. The average molecular weight is 703 g/mol. The van der Waals surface area contributed by atoms with Gasteiger partial charge in [-0.2, -0.15) is 0 Å². The van der Waals surface area contributed by atoms with Crippen molar-refractivity contribution in [1.82, 2.24) is 4.57 Å². The number of fused-ring (bicyclic) bond motifs is 7. The second-order valence-electron chi connectivity index (χ2n) is 14.1. The van der Waals surface area contributed by atoms with Crippen LogP contribution in [-0.2, 0) is 0 Å². The molecule has 0 atom stereocenters. The van der Waals surface area contributed by atoms with E-state index in [1.807, 2.05) is 0 Å². The topological polar surface area (TPSA) is 21.3 Å². The van der Waals surface area contributed by atoms with Gasteiger partial charge in [-0.25, -0.2) is 0 Å². The maximum atomic E-state index is 6.90. The Morgan fingerprint density at radius 3 is 1.78 bits per heavy atom. The van der Waals surface area contributed by atoms with Crippen LogP contribution in [0.3, 0.4) is 0 Å². The van der Waals surface area contributed by atoms with Gasteiger partial charge in [-0.05, 0) is 82.7 Å². The van der Waals surface area contributed by atoms with Crippen molar-refractivity contribution < 1.29 is 4.42 Å². The summed E-state index contributed by atoms with van der Waals surface area (Å²) in [5.74, 6) is 0. The van der Waals surface area contributed by atoms with E-state index in [9.17, 15) is 0 Å². The molecule has 0 aliphatic carbocycles. The van der Waals surface area contributed by atoms with E-state index < -0.39 is 0 Å². The van der Waals surface area contributed by atoms with Crippen LogP contribution in [0.5, 0.6) is 0 Å². The molecule has 0 unspecified atom stereocenters. The van der Waals surface area contributed by atoms with Crippen molar-refractivity contribution in [2.45, 2.75) is 0 Å². The van der Waals surface area contributed by atoms with Crippen molar-refractivity contribution in [3.05, 3.63) is 206 Å². The lowest BCUT2D eigenvalue weighted by Gasteiger charge is -2.28. The number of para-hydroxylation sites is 3. The Labute approximate surface area is 318 Å². The van der Waals surface area contributed by atoms with Crippen LogP contribution in [0.1, 0.15) is 0 Å². The molecule has 0 fully saturated rings. The Kier molecular flexibility index (Phi) is 7.17. The minimum absolute atomic E-state index is 0.863. The van der Waals surface area contributed by atoms with Crippen LogP contribution < -0.4 is 4.90 Å². The highest BCUT2D eigenvalue weighted by Crippen LogP contribution is 2.48. The number of hydrogen-bond acceptors (Lipinski definition) is 2. The highest BCUT2D eigenvalue weighted by molar-refractivity contribution is 6.18. The molecule has 2 aromatic heterocycles. The Balaban J connectivity index is 1.14. The van der Waals surface area contributed by atoms with Crippen molar-refractivity contribution in [2.24, 2.45) is 0 Å². The molecule has 0 amide bonds. The van der Waals surface area contributed by atoms with Gasteiger partial charge >= 0.3 is 0 Å². The Morgan fingerprint density at radius 1 is 0.400 bits per heavy atom. The molecule has 11 rings (SSSR count). The molecule has 0 spiro atoms. The second kappa shape index (κ2) is 12.6. The zero-order valence-corrected chi connectivity index (χ0v) is 29.9. The molecule has 9 aromatic carbocycles. The van der Waals surface area contributed by atoms with E-state index in [1.165, 1.54) is 43.7 Å². The number of hydrogen-bond donors (Lipinski definition) is 0. The molecule has 3 heteroatoms. The van der Waals surface area contributed by atoms with E-state index in [0.717, 1.165) is 55.8 Å². The first kappa shape index (κ1) is 31.2. The van der Waals surface area contributed by atoms with Gasteiger partial charge in [0.05, 0.1) is 27.8 Å². The normalized spacial score (nSPS) is 11.6. The number of aromatic nitrogens is 1. The fraction of sp³-hybridized carbons (Fsp3) is 0. The van der Waals surface area contributed by atoms with Crippen molar-refractivity contribution in [3.8, 4) is 27.9 Å². The number of rotatable bonds is 6. The molecule has 0 aliphatic rings. The van der Waals surface area contributed by atoms with Gasteiger partial charge < -0.3 is 13.9 Å². The van der Waals surface area contributed by atoms with Gasteiger partial charge in [0.15, 0.2) is 0 Å². The van der Waals surface area contributed by atoms with E-state index in [-0.39, 0.29) is 0 Å². The molecule has 0 radical (unpaired) electrons. The summed E-state index contributed by atoms with van der Waals surface area (Å²) in [6.45, 7) is 0. The van der Waals surface area contributed by atoms with E-state index >= 15 is 0 Å². The van der Waals surface area contributed by atoms with Crippen molar-refractivity contribution in [3.63, 3.8) is 0 Å². The summed E-state index contributed by atoms with van der Waals surface area (Å²) in [7, 11) is 0. The molecule has 2 heterocycles.